The minimum atomic E-state index is -0.682. The minimum absolute atomic E-state index is 0.327. The molecule has 2 heteroatoms. The highest BCUT2D eigenvalue weighted by Crippen LogP contribution is 1.96. The molecule has 0 spiro atoms. The SMILES string of the molecule is CCCCCC([N])=O. The first-order valence-electron chi connectivity index (χ1n) is 2.99. The van der Waals surface area contributed by atoms with E-state index in [1.54, 1.807) is 0 Å². The average Bonchev–Trinajstić information content (AvgIpc) is 1.66. The van der Waals surface area contributed by atoms with E-state index in [2.05, 4.69) is 6.92 Å². The Morgan fingerprint density at radius 2 is 2.12 bits per heavy atom. The quantitative estimate of drug-likeness (QED) is 0.504. The van der Waals surface area contributed by atoms with Crippen molar-refractivity contribution in [1.82, 2.24) is 5.73 Å². The van der Waals surface area contributed by atoms with E-state index < -0.39 is 5.91 Å². The van der Waals surface area contributed by atoms with Crippen LogP contribution in [0.4, 0.5) is 0 Å². The van der Waals surface area contributed by atoms with Gasteiger partial charge in [-0.3, -0.25) is 4.79 Å². The van der Waals surface area contributed by atoms with Gasteiger partial charge in [-0.05, 0) is 6.42 Å². The fraction of sp³-hybridized carbons (Fsp3) is 0.833. The maximum atomic E-state index is 9.87. The van der Waals surface area contributed by atoms with Crippen LogP contribution in [0, 0.1) is 0 Å². The van der Waals surface area contributed by atoms with Gasteiger partial charge in [0.15, 0.2) is 0 Å². The van der Waals surface area contributed by atoms with Crippen molar-refractivity contribution in [2.45, 2.75) is 32.6 Å². The predicted octanol–water partition coefficient (Wildman–Crippen LogP) is 1.16. The molecule has 0 aliphatic carbocycles. The summed E-state index contributed by atoms with van der Waals surface area (Å²) in [6, 6.07) is 0. The maximum Gasteiger partial charge on any atom is 0.264 e. The maximum absolute atomic E-state index is 9.87. The number of amides is 1. The Morgan fingerprint density at radius 3 is 2.50 bits per heavy atom. The van der Waals surface area contributed by atoms with Crippen molar-refractivity contribution in [2.24, 2.45) is 0 Å². The molecule has 0 N–H and O–H groups in total. The van der Waals surface area contributed by atoms with Gasteiger partial charge in [0, 0.05) is 6.42 Å². The van der Waals surface area contributed by atoms with E-state index in [4.69, 9.17) is 5.73 Å². The summed E-state index contributed by atoms with van der Waals surface area (Å²) in [5, 5.41) is 0. The molecule has 0 saturated carbocycles. The molecule has 2 nitrogen and oxygen atoms in total. The third kappa shape index (κ3) is 5.47. The first-order chi connectivity index (χ1) is 3.77. The largest absolute Gasteiger partial charge is 0.271 e. The molecule has 0 aliphatic rings. The van der Waals surface area contributed by atoms with Crippen LogP contribution >= 0.6 is 0 Å². The van der Waals surface area contributed by atoms with Crippen molar-refractivity contribution in [1.29, 1.82) is 0 Å². The Bertz CT molecular complexity index is 70.9. The van der Waals surface area contributed by atoms with Crippen molar-refractivity contribution in [2.75, 3.05) is 0 Å². The van der Waals surface area contributed by atoms with Crippen LogP contribution in [0.15, 0.2) is 0 Å². The molecule has 1 amide bonds. The van der Waals surface area contributed by atoms with E-state index in [1.807, 2.05) is 0 Å². The van der Waals surface area contributed by atoms with Gasteiger partial charge in [-0.25, -0.2) is 0 Å². The Hall–Kier alpha value is -0.530. The van der Waals surface area contributed by atoms with Gasteiger partial charge in [0.25, 0.3) is 5.91 Å². The van der Waals surface area contributed by atoms with Crippen LogP contribution in [0.3, 0.4) is 0 Å². The van der Waals surface area contributed by atoms with E-state index in [0.29, 0.717) is 6.42 Å². The summed E-state index contributed by atoms with van der Waals surface area (Å²) in [7, 11) is 0. The highest BCUT2D eigenvalue weighted by molar-refractivity contribution is 5.72. The normalized spacial score (nSPS) is 9.12. The molecule has 46 valence electrons. The zero-order chi connectivity index (χ0) is 6.41. The van der Waals surface area contributed by atoms with Gasteiger partial charge in [-0.15, -0.1) is 5.73 Å². The standard InChI is InChI=1S/C6H11NO/c1-2-3-4-5-6(7)8/h2-5H2,1H3. The van der Waals surface area contributed by atoms with Gasteiger partial charge in [0.05, 0.1) is 0 Å². The zero-order valence-corrected chi connectivity index (χ0v) is 5.18. The molecule has 0 bridgehead atoms. The van der Waals surface area contributed by atoms with Crippen molar-refractivity contribution >= 4 is 5.91 Å². The van der Waals surface area contributed by atoms with E-state index >= 15 is 0 Å². The molecule has 8 heavy (non-hydrogen) atoms. The van der Waals surface area contributed by atoms with E-state index in [1.165, 1.54) is 0 Å². The number of nitrogens with zero attached hydrogens (tertiary/aromatic N) is 1. The summed E-state index contributed by atoms with van der Waals surface area (Å²) in [6.45, 7) is 2.06. The number of hydrogen-bond donors (Lipinski definition) is 0. The highest BCUT2D eigenvalue weighted by Gasteiger charge is 1.93. The molecule has 0 rings (SSSR count). The minimum Gasteiger partial charge on any atom is -0.271 e. The van der Waals surface area contributed by atoms with Crippen molar-refractivity contribution < 1.29 is 4.79 Å². The van der Waals surface area contributed by atoms with Crippen LogP contribution in [-0.4, -0.2) is 5.91 Å². The summed E-state index contributed by atoms with van der Waals surface area (Å²) in [4.78, 5) is 9.87. The van der Waals surface area contributed by atoms with Crippen LogP contribution in [-0.2, 0) is 4.79 Å². The van der Waals surface area contributed by atoms with E-state index in [0.717, 1.165) is 19.3 Å². The molecule has 0 atom stereocenters. The van der Waals surface area contributed by atoms with Crippen molar-refractivity contribution in [3.05, 3.63) is 0 Å². The van der Waals surface area contributed by atoms with Gasteiger partial charge in [0.2, 0.25) is 0 Å². The predicted molar refractivity (Wildman–Crippen MR) is 31.3 cm³/mol. The van der Waals surface area contributed by atoms with Crippen LogP contribution in [0.1, 0.15) is 32.6 Å². The van der Waals surface area contributed by atoms with Gasteiger partial charge in [-0.1, -0.05) is 19.8 Å². The lowest BCUT2D eigenvalue weighted by Gasteiger charge is -1.88. The Morgan fingerprint density at radius 1 is 1.50 bits per heavy atom. The first-order valence-corrected chi connectivity index (χ1v) is 2.99. The Kier molecular flexibility index (Phi) is 4.32. The number of carbonyl (C=O) groups is 1. The molecule has 0 fully saturated rings. The Labute approximate surface area is 50.1 Å². The molecule has 0 unspecified atom stereocenters. The second-order valence-corrected chi connectivity index (χ2v) is 1.85. The number of rotatable bonds is 4. The molecular formula is C6H11NO. The molecule has 0 heterocycles. The third-order valence-corrected chi connectivity index (χ3v) is 0.994. The summed E-state index contributed by atoms with van der Waals surface area (Å²) in [5.41, 5.74) is 8.14. The Balaban J connectivity index is 2.82. The van der Waals surface area contributed by atoms with Crippen molar-refractivity contribution in [3.63, 3.8) is 0 Å². The number of carbonyl (C=O) groups excluding carboxylic acids is 1. The van der Waals surface area contributed by atoms with Crippen LogP contribution in [0.5, 0.6) is 0 Å². The molecular weight excluding hydrogens is 102 g/mol. The zero-order valence-electron chi connectivity index (χ0n) is 5.18. The van der Waals surface area contributed by atoms with Gasteiger partial charge in [0.1, 0.15) is 0 Å². The lowest BCUT2D eigenvalue weighted by atomic mass is 10.2. The van der Waals surface area contributed by atoms with Crippen LogP contribution < -0.4 is 5.73 Å². The molecule has 0 saturated heterocycles. The second kappa shape index (κ2) is 4.62. The van der Waals surface area contributed by atoms with Gasteiger partial charge < -0.3 is 0 Å². The number of hydrogen-bond acceptors (Lipinski definition) is 1. The topological polar surface area (TPSA) is 39.4 Å². The highest BCUT2D eigenvalue weighted by atomic mass is 16.1. The fourth-order valence-electron chi connectivity index (χ4n) is 0.526. The lowest BCUT2D eigenvalue weighted by molar-refractivity contribution is -0.118. The van der Waals surface area contributed by atoms with E-state index in [-0.39, 0.29) is 0 Å². The molecule has 0 aromatic heterocycles. The van der Waals surface area contributed by atoms with Crippen LogP contribution in [0.25, 0.3) is 0 Å². The summed E-state index contributed by atoms with van der Waals surface area (Å²) in [6.07, 6.45) is 3.28. The molecule has 0 aromatic rings. The average molecular weight is 113 g/mol. The number of unbranched alkanes of at least 4 members (excludes halogenated alkanes) is 2. The second-order valence-electron chi connectivity index (χ2n) is 1.85. The van der Waals surface area contributed by atoms with Gasteiger partial charge in [-0.2, -0.15) is 0 Å². The first kappa shape index (κ1) is 7.47. The molecule has 2 radical (unpaired) electrons. The summed E-state index contributed by atoms with van der Waals surface area (Å²) in [5.74, 6) is -0.682. The smallest absolute Gasteiger partial charge is 0.264 e. The van der Waals surface area contributed by atoms with Crippen molar-refractivity contribution in [3.8, 4) is 0 Å². The van der Waals surface area contributed by atoms with Crippen LogP contribution in [0.2, 0.25) is 0 Å². The monoisotopic (exact) mass is 113 g/mol. The summed E-state index contributed by atoms with van der Waals surface area (Å²) < 4.78 is 0. The fourth-order valence-corrected chi connectivity index (χ4v) is 0.526. The van der Waals surface area contributed by atoms with Gasteiger partial charge >= 0.3 is 0 Å². The van der Waals surface area contributed by atoms with E-state index in [9.17, 15) is 4.79 Å². The summed E-state index contributed by atoms with van der Waals surface area (Å²) >= 11 is 0. The lowest BCUT2D eigenvalue weighted by Crippen LogP contribution is -1.95. The third-order valence-electron chi connectivity index (χ3n) is 0.994. The molecule has 0 aliphatic heterocycles. The molecule has 0 aromatic carbocycles.